The van der Waals surface area contributed by atoms with E-state index in [0.717, 1.165) is 0 Å². The molecule has 0 saturated heterocycles. The molecule has 9 heteroatoms. The summed E-state index contributed by atoms with van der Waals surface area (Å²) in [6, 6.07) is 1.28. The molecule has 4 N–H and O–H groups in total. The Morgan fingerprint density at radius 3 is 2.47 bits per heavy atom. The van der Waals surface area contributed by atoms with Gasteiger partial charge in [0.25, 0.3) is 0 Å². The van der Waals surface area contributed by atoms with Gasteiger partial charge in [-0.05, 0) is 13.8 Å². The van der Waals surface area contributed by atoms with Gasteiger partial charge in [0.1, 0.15) is 11.6 Å². The van der Waals surface area contributed by atoms with Crippen LogP contribution in [0.2, 0.25) is 0 Å². The van der Waals surface area contributed by atoms with Gasteiger partial charge in [0.15, 0.2) is 0 Å². The number of nitrogens with zero attached hydrogens (tertiary/aromatic N) is 2. The van der Waals surface area contributed by atoms with Crippen LogP contribution in [0.15, 0.2) is 6.07 Å². The molecule has 0 aromatic carbocycles. The predicted octanol–water partition coefficient (Wildman–Crippen LogP) is 1.62. The van der Waals surface area contributed by atoms with E-state index in [4.69, 9.17) is 10.6 Å². The molecule has 0 atom stereocenters. The first-order chi connectivity index (χ1) is 8.82. The van der Waals surface area contributed by atoms with Crippen molar-refractivity contribution in [3.63, 3.8) is 0 Å². The number of hydrazine groups is 1. The van der Waals surface area contributed by atoms with Crippen LogP contribution in [0, 0.1) is 0 Å². The second-order valence-electron chi connectivity index (χ2n) is 3.95. The Bertz CT molecular complexity index is 411. The van der Waals surface area contributed by atoms with Crippen LogP contribution in [-0.2, 0) is 10.9 Å². The largest absolute Gasteiger partial charge is 0.451 e. The summed E-state index contributed by atoms with van der Waals surface area (Å²) in [4.78, 5) is 6.61. The standard InChI is InChI=1S/C10H16F3N5O/c1-6(2)19-4-3-15-7-5-8(18-14)17-9(16-7)10(11,12)13/h5-6H,3-4,14H2,1-2H3,(H2,15,16,17,18). The molecule has 0 saturated carbocycles. The molecule has 0 aliphatic rings. The van der Waals surface area contributed by atoms with Gasteiger partial charge in [0.2, 0.25) is 5.82 Å². The molecule has 6 nitrogen and oxygen atoms in total. The molecule has 1 rings (SSSR count). The van der Waals surface area contributed by atoms with Crippen molar-refractivity contribution in [3.8, 4) is 0 Å². The van der Waals surface area contributed by atoms with Crippen LogP contribution in [0.5, 0.6) is 0 Å². The first kappa shape index (κ1) is 15.4. The second kappa shape index (κ2) is 6.53. The summed E-state index contributed by atoms with van der Waals surface area (Å²) in [6.45, 7) is 4.41. The van der Waals surface area contributed by atoms with Gasteiger partial charge in [-0.3, -0.25) is 0 Å². The summed E-state index contributed by atoms with van der Waals surface area (Å²) in [7, 11) is 0. The van der Waals surface area contributed by atoms with E-state index >= 15 is 0 Å². The maximum Gasteiger partial charge on any atom is 0.451 e. The zero-order valence-corrected chi connectivity index (χ0v) is 10.6. The van der Waals surface area contributed by atoms with E-state index in [1.807, 2.05) is 13.8 Å². The van der Waals surface area contributed by atoms with Gasteiger partial charge < -0.3 is 15.5 Å². The van der Waals surface area contributed by atoms with Gasteiger partial charge in [-0.2, -0.15) is 13.2 Å². The lowest BCUT2D eigenvalue weighted by Gasteiger charge is -2.12. The number of rotatable bonds is 6. The monoisotopic (exact) mass is 279 g/mol. The number of anilines is 2. The van der Waals surface area contributed by atoms with Gasteiger partial charge in [0.05, 0.1) is 12.7 Å². The average molecular weight is 279 g/mol. The topological polar surface area (TPSA) is 85.1 Å². The van der Waals surface area contributed by atoms with Crippen LogP contribution >= 0.6 is 0 Å². The molecule has 0 aliphatic carbocycles. The normalized spacial score (nSPS) is 11.7. The van der Waals surface area contributed by atoms with E-state index in [-0.39, 0.29) is 17.7 Å². The average Bonchev–Trinajstić information content (AvgIpc) is 2.33. The Labute approximate surface area is 108 Å². The summed E-state index contributed by atoms with van der Waals surface area (Å²) < 4.78 is 42.8. The van der Waals surface area contributed by atoms with E-state index in [9.17, 15) is 13.2 Å². The van der Waals surface area contributed by atoms with E-state index < -0.39 is 12.0 Å². The van der Waals surface area contributed by atoms with E-state index in [2.05, 4.69) is 20.7 Å². The summed E-state index contributed by atoms with van der Waals surface area (Å²) in [5, 5.41) is 2.72. The lowest BCUT2D eigenvalue weighted by Crippen LogP contribution is -2.19. The molecular weight excluding hydrogens is 263 g/mol. The lowest BCUT2D eigenvalue weighted by atomic mass is 10.4. The molecule has 0 fully saturated rings. The van der Waals surface area contributed by atoms with Crippen molar-refractivity contribution in [3.05, 3.63) is 11.9 Å². The summed E-state index contributed by atoms with van der Waals surface area (Å²) in [5.41, 5.74) is 2.07. The van der Waals surface area contributed by atoms with Crippen LogP contribution in [0.4, 0.5) is 24.8 Å². The van der Waals surface area contributed by atoms with Crippen molar-refractivity contribution in [1.29, 1.82) is 0 Å². The van der Waals surface area contributed by atoms with Gasteiger partial charge in [-0.1, -0.05) is 0 Å². The molecule has 0 unspecified atom stereocenters. The minimum atomic E-state index is -4.63. The highest BCUT2D eigenvalue weighted by atomic mass is 19.4. The van der Waals surface area contributed by atoms with Crippen molar-refractivity contribution in [2.75, 3.05) is 23.9 Å². The third kappa shape index (κ3) is 5.26. The highest BCUT2D eigenvalue weighted by molar-refractivity contribution is 5.47. The minimum Gasteiger partial charge on any atom is -0.377 e. The van der Waals surface area contributed by atoms with Crippen molar-refractivity contribution < 1.29 is 17.9 Å². The van der Waals surface area contributed by atoms with E-state index in [0.29, 0.717) is 13.2 Å². The first-order valence-corrected chi connectivity index (χ1v) is 5.61. The minimum absolute atomic E-state index is 0.0302. The van der Waals surface area contributed by atoms with Gasteiger partial charge in [-0.15, -0.1) is 0 Å². The van der Waals surface area contributed by atoms with Gasteiger partial charge in [0, 0.05) is 12.6 Å². The summed E-state index contributed by atoms with van der Waals surface area (Å²) >= 11 is 0. The molecular formula is C10H16F3N5O. The van der Waals surface area contributed by atoms with Crippen LogP contribution < -0.4 is 16.6 Å². The SMILES string of the molecule is CC(C)OCCNc1cc(NN)nc(C(F)(F)F)n1. The molecule has 1 aromatic rings. The number of halogens is 3. The van der Waals surface area contributed by atoms with Crippen LogP contribution in [0.1, 0.15) is 19.7 Å². The number of nitrogens with one attached hydrogen (secondary N) is 2. The zero-order chi connectivity index (χ0) is 14.5. The molecule has 1 aromatic heterocycles. The third-order valence-corrected chi connectivity index (χ3v) is 1.99. The van der Waals surface area contributed by atoms with E-state index in [1.54, 1.807) is 0 Å². The Morgan fingerprint density at radius 1 is 1.32 bits per heavy atom. The Morgan fingerprint density at radius 2 is 1.95 bits per heavy atom. The highest BCUT2D eigenvalue weighted by Gasteiger charge is 2.35. The molecule has 0 bridgehead atoms. The van der Waals surface area contributed by atoms with Crippen LogP contribution in [0.25, 0.3) is 0 Å². The summed E-state index contributed by atoms with van der Waals surface area (Å²) in [6.07, 6.45) is -4.57. The zero-order valence-electron chi connectivity index (χ0n) is 10.6. The number of hydrogen-bond donors (Lipinski definition) is 3. The van der Waals surface area contributed by atoms with Crippen LogP contribution in [0.3, 0.4) is 0 Å². The van der Waals surface area contributed by atoms with E-state index in [1.165, 1.54) is 6.07 Å². The lowest BCUT2D eigenvalue weighted by molar-refractivity contribution is -0.144. The maximum atomic E-state index is 12.5. The molecule has 108 valence electrons. The van der Waals surface area contributed by atoms with Crippen molar-refractivity contribution in [2.24, 2.45) is 5.84 Å². The molecule has 19 heavy (non-hydrogen) atoms. The highest BCUT2D eigenvalue weighted by Crippen LogP contribution is 2.28. The van der Waals surface area contributed by atoms with Gasteiger partial charge in [-0.25, -0.2) is 15.8 Å². The molecule has 0 spiro atoms. The van der Waals surface area contributed by atoms with Gasteiger partial charge >= 0.3 is 6.18 Å². The number of aromatic nitrogens is 2. The fourth-order valence-electron chi connectivity index (χ4n) is 1.21. The fourth-order valence-corrected chi connectivity index (χ4v) is 1.21. The molecule has 0 radical (unpaired) electrons. The number of hydrogen-bond acceptors (Lipinski definition) is 6. The Hall–Kier alpha value is -1.61. The Balaban J connectivity index is 2.72. The fraction of sp³-hybridized carbons (Fsp3) is 0.600. The number of ether oxygens (including phenoxy) is 1. The first-order valence-electron chi connectivity index (χ1n) is 5.61. The molecule has 0 amide bonds. The second-order valence-corrected chi connectivity index (χ2v) is 3.95. The van der Waals surface area contributed by atoms with Crippen LogP contribution in [-0.4, -0.2) is 29.2 Å². The quantitative estimate of drug-likeness (QED) is 0.417. The summed E-state index contributed by atoms with van der Waals surface area (Å²) in [5.74, 6) is 3.73. The van der Waals surface area contributed by atoms with Crippen molar-refractivity contribution >= 4 is 11.6 Å². The number of nitrogens with two attached hydrogens (primary N) is 1. The smallest absolute Gasteiger partial charge is 0.377 e. The van der Waals surface area contributed by atoms with Crippen molar-refractivity contribution in [1.82, 2.24) is 9.97 Å². The molecule has 0 aliphatic heterocycles. The number of alkyl halides is 3. The Kier molecular flexibility index (Phi) is 5.31. The maximum absolute atomic E-state index is 12.5. The predicted molar refractivity (Wildman–Crippen MR) is 64.4 cm³/mol. The number of nitrogen functional groups attached to an aromatic ring is 1. The van der Waals surface area contributed by atoms with Crippen molar-refractivity contribution in [2.45, 2.75) is 26.1 Å². The third-order valence-electron chi connectivity index (χ3n) is 1.99. The molecule has 1 heterocycles.